The van der Waals surface area contributed by atoms with E-state index in [1.165, 1.54) is 69.8 Å². The summed E-state index contributed by atoms with van der Waals surface area (Å²) in [7, 11) is 5.60. The topological polar surface area (TPSA) is 0 Å². The molecule has 2 aliphatic rings. The van der Waals surface area contributed by atoms with Gasteiger partial charge in [0.1, 0.15) is 0 Å². The van der Waals surface area contributed by atoms with Crippen LogP contribution in [0.2, 0.25) is 6.32 Å². The van der Waals surface area contributed by atoms with Gasteiger partial charge in [0.2, 0.25) is 0 Å². The molecule has 0 aliphatic heterocycles. The number of allylic oxidation sites excluding steroid dienone is 6. The molecule has 24 heavy (non-hydrogen) atoms. The molecule has 0 amide bonds. The zero-order valence-corrected chi connectivity index (χ0v) is 16.1. The maximum Gasteiger partial charge on any atom is 0.0712 e. The molecule has 4 unspecified atom stereocenters. The summed E-state index contributed by atoms with van der Waals surface area (Å²) >= 11 is 0. The Morgan fingerprint density at radius 1 is 1.08 bits per heavy atom. The van der Waals surface area contributed by atoms with Gasteiger partial charge in [-0.1, -0.05) is 81.3 Å². The smallest absolute Gasteiger partial charge is 0.0712 e. The fourth-order valence-electron chi connectivity index (χ4n) is 4.47. The Morgan fingerprint density at radius 3 is 2.62 bits per heavy atom. The van der Waals surface area contributed by atoms with E-state index in [1.54, 1.807) is 0 Å². The van der Waals surface area contributed by atoms with Crippen molar-refractivity contribution in [1.29, 1.82) is 0 Å². The highest BCUT2D eigenvalue weighted by atomic mass is 14.3. The predicted molar refractivity (Wildman–Crippen MR) is 108 cm³/mol. The summed E-state index contributed by atoms with van der Waals surface area (Å²) in [6, 6.07) is 0. The van der Waals surface area contributed by atoms with Gasteiger partial charge in [0, 0.05) is 0 Å². The van der Waals surface area contributed by atoms with Crippen LogP contribution in [0.15, 0.2) is 36.0 Å². The highest BCUT2D eigenvalue weighted by Crippen LogP contribution is 2.37. The maximum atomic E-state index is 5.60. The lowest BCUT2D eigenvalue weighted by atomic mass is 9.77. The van der Waals surface area contributed by atoms with E-state index in [1.807, 2.05) is 0 Å². The first-order chi connectivity index (χ1) is 11.7. The normalized spacial score (nSPS) is 32.2. The molecule has 2 radical (unpaired) electrons. The van der Waals surface area contributed by atoms with Gasteiger partial charge in [-0.3, -0.25) is 0 Å². The van der Waals surface area contributed by atoms with E-state index in [4.69, 9.17) is 7.85 Å². The molecule has 1 fully saturated rings. The van der Waals surface area contributed by atoms with Gasteiger partial charge in [-0.15, -0.1) is 0 Å². The van der Waals surface area contributed by atoms with Crippen LogP contribution < -0.4 is 0 Å². The van der Waals surface area contributed by atoms with Crippen LogP contribution in [0.5, 0.6) is 0 Å². The Morgan fingerprint density at radius 2 is 1.83 bits per heavy atom. The summed E-state index contributed by atoms with van der Waals surface area (Å²) in [6.45, 7) is 4.56. The van der Waals surface area contributed by atoms with E-state index in [-0.39, 0.29) is 0 Å². The minimum Gasteiger partial charge on any atom is -0.0883 e. The zero-order valence-electron chi connectivity index (χ0n) is 16.1. The van der Waals surface area contributed by atoms with E-state index in [0.717, 1.165) is 23.7 Å². The third-order valence-electron chi connectivity index (χ3n) is 6.34. The van der Waals surface area contributed by atoms with Gasteiger partial charge >= 0.3 is 0 Å². The van der Waals surface area contributed by atoms with E-state index in [0.29, 0.717) is 6.32 Å². The van der Waals surface area contributed by atoms with Crippen LogP contribution in [0.4, 0.5) is 0 Å². The van der Waals surface area contributed by atoms with Gasteiger partial charge in [-0.25, -0.2) is 0 Å². The summed E-state index contributed by atoms with van der Waals surface area (Å²) in [5, 5.41) is 0. The molecule has 2 rings (SSSR count). The fourth-order valence-corrected chi connectivity index (χ4v) is 4.47. The SMILES string of the molecule is [B]CC(C)=CC=CCCC1CCCC(CC2CC=CCC2C)CC1. The molecule has 0 heterocycles. The van der Waals surface area contributed by atoms with Gasteiger partial charge < -0.3 is 0 Å². The van der Waals surface area contributed by atoms with Crippen LogP contribution in [-0.4, -0.2) is 7.85 Å². The van der Waals surface area contributed by atoms with E-state index in [2.05, 4.69) is 44.2 Å². The quantitative estimate of drug-likeness (QED) is 0.204. The Hall–Kier alpha value is -0.715. The number of hydrogen-bond acceptors (Lipinski definition) is 0. The highest BCUT2D eigenvalue weighted by molar-refractivity contribution is 6.10. The lowest BCUT2D eigenvalue weighted by Gasteiger charge is -2.29. The largest absolute Gasteiger partial charge is 0.0883 e. The van der Waals surface area contributed by atoms with Crippen molar-refractivity contribution >= 4 is 7.85 Å². The summed E-state index contributed by atoms with van der Waals surface area (Å²) in [6.07, 6.45) is 26.3. The molecule has 0 aromatic heterocycles. The standard InChI is InChI=1S/C23H37B/c1-19(18-24)9-4-3-5-11-21-12-8-13-22(16-15-21)17-23-14-7-6-10-20(23)2/h3-4,6-7,9,20-23H,5,8,10-18H2,1-2H3. The Balaban J connectivity index is 1.67. The van der Waals surface area contributed by atoms with Crippen molar-refractivity contribution in [3.05, 3.63) is 36.0 Å². The van der Waals surface area contributed by atoms with Crippen molar-refractivity contribution < 1.29 is 0 Å². The van der Waals surface area contributed by atoms with E-state index >= 15 is 0 Å². The second-order valence-electron chi connectivity index (χ2n) is 8.38. The molecule has 0 saturated heterocycles. The van der Waals surface area contributed by atoms with Crippen molar-refractivity contribution in [2.75, 3.05) is 0 Å². The predicted octanol–water partition coefficient (Wildman–Crippen LogP) is 7.04. The van der Waals surface area contributed by atoms with Crippen molar-refractivity contribution in [3.63, 3.8) is 0 Å². The molecule has 0 N–H and O–H groups in total. The van der Waals surface area contributed by atoms with Crippen LogP contribution in [0.3, 0.4) is 0 Å². The second kappa shape index (κ2) is 11.0. The molecular weight excluding hydrogens is 287 g/mol. The molecule has 0 aromatic carbocycles. The van der Waals surface area contributed by atoms with Gasteiger partial charge in [0.05, 0.1) is 7.85 Å². The first kappa shape index (κ1) is 19.6. The molecule has 1 saturated carbocycles. The van der Waals surface area contributed by atoms with E-state index in [9.17, 15) is 0 Å². The molecule has 1 heteroatoms. The monoisotopic (exact) mass is 324 g/mol. The highest BCUT2D eigenvalue weighted by Gasteiger charge is 2.24. The third kappa shape index (κ3) is 7.03. The molecule has 0 spiro atoms. The lowest BCUT2D eigenvalue weighted by Crippen LogP contribution is -2.17. The second-order valence-corrected chi connectivity index (χ2v) is 8.38. The average Bonchev–Trinajstić information content (AvgIpc) is 2.82. The molecule has 132 valence electrons. The Labute approximate surface area is 152 Å². The summed E-state index contributed by atoms with van der Waals surface area (Å²) in [5.41, 5.74) is 1.26. The minimum atomic E-state index is 0.670. The van der Waals surface area contributed by atoms with Crippen LogP contribution >= 0.6 is 0 Å². The van der Waals surface area contributed by atoms with Crippen LogP contribution in [-0.2, 0) is 0 Å². The van der Waals surface area contributed by atoms with Gasteiger partial charge in [-0.2, -0.15) is 0 Å². The third-order valence-corrected chi connectivity index (χ3v) is 6.34. The molecule has 0 aromatic rings. The molecule has 0 nitrogen and oxygen atoms in total. The summed E-state index contributed by atoms with van der Waals surface area (Å²) in [5.74, 6) is 3.82. The minimum absolute atomic E-state index is 0.670. The average molecular weight is 324 g/mol. The van der Waals surface area contributed by atoms with Gasteiger partial charge in [0.25, 0.3) is 0 Å². The summed E-state index contributed by atoms with van der Waals surface area (Å²) in [4.78, 5) is 0. The van der Waals surface area contributed by atoms with Crippen molar-refractivity contribution in [3.8, 4) is 0 Å². The van der Waals surface area contributed by atoms with Crippen LogP contribution in [0, 0.1) is 23.7 Å². The number of rotatable bonds is 7. The summed E-state index contributed by atoms with van der Waals surface area (Å²) < 4.78 is 0. The number of hydrogen-bond donors (Lipinski definition) is 0. The van der Waals surface area contributed by atoms with E-state index < -0.39 is 0 Å². The van der Waals surface area contributed by atoms with Gasteiger partial charge in [0.15, 0.2) is 0 Å². The Kier molecular flexibility index (Phi) is 8.99. The van der Waals surface area contributed by atoms with Crippen molar-refractivity contribution in [1.82, 2.24) is 0 Å². The van der Waals surface area contributed by atoms with Crippen LogP contribution in [0.1, 0.15) is 78.1 Å². The first-order valence-electron chi connectivity index (χ1n) is 10.4. The first-order valence-corrected chi connectivity index (χ1v) is 10.4. The molecule has 0 bridgehead atoms. The molecule has 2 aliphatic carbocycles. The van der Waals surface area contributed by atoms with Crippen molar-refractivity contribution in [2.24, 2.45) is 23.7 Å². The Bertz CT molecular complexity index is 431. The maximum absolute atomic E-state index is 5.60. The molecular formula is C23H37B. The zero-order chi connectivity index (χ0) is 17.2. The lowest BCUT2D eigenvalue weighted by molar-refractivity contribution is 0.258. The van der Waals surface area contributed by atoms with Gasteiger partial charge in [-0.05, 0) is 62.7 Å². The van der Waals surface area contributed by atoms with Crippen LogP contribution in [0.25, 0.3) is 0 Å². The molecule has 4 atom stereocenters. The van der Waals surface area contributed by atoms with Crippen molar-refractivity contribution in [2.45, 2.75) is 84.4 Å². The fraction of sp³-hybridized carbons (Fsp3) is 0.739.